The van der Waals surface area contributed by atoms with Crippen molar-refractivity contribution in [1.29, 1.82) is 0 Å². The van der Waals surface area contributed by atoms with Crippen LogP contribution < -0.4 is 4.90 Å². The number of carboxylic acid groups (broad SMARTS) is 1. The quantitative estimate of drug-likeness (QED) is 0.880. The van der Waals surface area contributed by atoms with Crippen LogP contribution in [0.2, 0.25) is 0 Å². The lowest BCUT2D eigenvalue weighted by Gasteiger charge is -2.22. The second-order valence-electron chi connectivity index (χ2n) is 5.80. The van der Waals surface area contributed by atoms with Gasteiger partial charge in [0.1, 0.15) is 5.82 Å². The smallest absolute Gasteiger partial charge is 0.335 e. The van der Waals surface area contributed by atoms with Crippen molar-refractivity contribution >= 4 is 11.8 Å². The fourth-order valence-electron chi connectivity index (χ4n) is 2.84. The first-order valence-corrected chi connectivity index (χ1v) is 7.99. The Morgan fingerprint density at radius 2 is 1.87 bits per heavy atom. The van der Waals surface area contributed by atoms with Gasteiger partial charge in [-0.15, -0.1) is 0 Å². The molecule has 4 heteroatoms. The highest BCUT2D eigenvalue weighted by Crippen LogP contribution is 2.21. The van der Waals surface area contributed by atoms with Crippen molar-refractivity contribution in [2.45, 2.75) is 34.1 Å². The van der Waals surface area contributed by atoms with E-state index in [0.29, 0.717) is 12.0 Å². The van der Waals surface area contributed by atoms with E-state index in [1.54, 1.807) is 6.07 Å². The number of aryl methyl sites for hydroxylation is 2. The maximum absolute atomic E-state index is 11.4. The zero-order valence-corrected chi connectivity index (χ0v) is 14.3. The number of anilines is 1. The minimum Gasteiger partial charge on any atom is -0.478 e. The molecule has 23 heavy (non-hydrogen) atoms. The van der Waals surface area contributed by atoms with Gasteiger partial charge in [0, 0.05) is 19.3 Å². The van der Waals surface area contributed by atoms with Gasteiger partial charge in [-0.25, -0.2) is 9.78 Å². The molecule has 0 spiro atoms. The fraction of sp³-hybridized carbons (Fsp3) is 0.368. The molecule has 0 aliphatic heterocycles. The van der Waals surface area contributed by atoms with Crippen LogP contribution in [0.3, 0.4) is 0 Å². The lowest BCUT2D eigenvalue weighted by Crippen LogP contribution is -2.24. The molecule has 0 atom stereocenters. The fourth-order valence-corrected chi connectivity index (χ4v) is 2.84. The summed E-state index contributed by atoms with van der Waals surface area (Å²) in [5.74, 6) is 0.120. The van der Waals surface area contributed by atoms with Crippen LogP contribution in [0.5, 0.6) is 0 Å². The Morgan fingerprint density at radius 1 is 1.17 bits per heavy atom. The molecule has 0 saturated carbocycles. The first kappa shape index (κ1) is 17.0. The van der Waals surface area contributed by atoms with Gasteiger partial charge in [0.25, 0.3) is 0 Å². The molecule has 2 rings (SSSR count). The maximum atomic E-state index is 11.4. The summed E-state index contributed by atoms with van der Waals surface area (Å²) < 4.78 is 0. The van der Waals surface area contributed by atoms with Gasteiger partial charge in [-0.05, 0) is 56.9 Å². The van der Waals surface area contributed by atoms with Gasteiger partial charge in [0.15, 0.2) is 0 Å². The summed E-state index contributed by atoms with van der Waals surface area (Å²) in [7, 11) is 0. The molecule has 1 aromatic carbocycles. The molecule has 0 bridgehead atoms. The highest BCUT2D eigenvalue weighted by Gasteiger charge is 2.13. The molecule has 0 saturated heterocycles. The number of aromatic nitrogens is 1. The highest BCUT2D eigenvalue weighted by molar-refractivity contribution is 5.89. The monoisotopic (exact) mass is 312 g/mol. The Kier molecular flexibility index (Phi) is 5.37. The molecule has 1 aromatic heterocycles. The topological polar surface area (TPSA) is 53.4 Å². The highest BCUT2D eigenvalue weighted by atomic mass is 16.4. The van der Waals surface area contributed by atoms with Gasteiger partial charge < -0.3 is 10.0 Å². The van der Waals surface area contributed by atoms with Crippen LogP contribution in [0.1, 0.15) is 46.5 Å². The first-order chi connectivity index (χ1) is 11.0. The summed E-state index contributed by atoms with van der Waals surface area (Å²) >= 11 is 0. The molecule has 0 fully saturated rings. The molecular formula is C19H24N2O2. The average molecular weight is 312 g/mol. The van der Waals surface area contributed by atoms with Crippen LogP contribution in [0.25, 0.3) is 0 Å². The summed E-state index contributed by atoms with van der Waals surface area (Å²) in [6.07, 6.45) is 2.43. The summed E-state index contributed by atoms with van der Waals surface area (Å²) in [6.45, 7) is 10.0. The van der Waals surface area contributed by atoms with Crippen LogP contribution in [0, 0.1) is 13.8 Å². The predicted octanol–water partition coefficient (Wildman–Crippen LogP) is 3.83. The second-order valence-corrected chi connectivity index (χ2v) is 5.80. The molecule has 4 nitrogen and oxygen atoms in total. The van der Waals surface area contributed by atoms with Gasteiger partial charge in [-0.3, -0.25) is 0 Å². The Bertz CT molecular complexity index is 707. The van der Waals surface area contributed by atoms with Crippen molar-refractivity contribution in [3.8, 4) is 0 Å². The number of carboxylic acids is 1. The van der Waals surface area contributed by atoms with Crippen molar-refractivity contribution in [3.63, 3.8) is 0 Å². The largest absolute Gasteiger partial charge is 0.478 e. The van der Waals surface area contributed by atoms with Gasteiger partial charge in [0.2, 0.25) is 0 Å². The normalized spacial score (nSPS) is 10.6. The van der Waals surface area contributed by atoms with Crippen molar-refractivity contribution in [2.75, 3.05) is 18.0 Å². The van der Waals surface area contributed by atoms with E-state index in [2.05, 4.69) is 36.7 Å². The zero-order valence-electron chi connectivity index (χ0n) is 14.3. The van der Waals surface area contributed by atoms with E-state index in [0.717, 1.165) is 41.2 Å². The lowest BCUT2D eigenvalue weighted by molar-refractivity contribution is 0.0695. The van der Waals surface area contributed by atoms with Crippen molar-refractivity contribution < 1.29 is 9.90 Å². The van der Waals surface area contributed by atoms with Gasteiger partial charge in [0.05, 0.1) is 5.56 Å². The number of nitrogens with zero attached hydrogens (tertiary/aromatic N) is 2. The number of hydrogen-bond donors (Lipinski definition) is 1. The van der Waals surface area contributed by atoms with E-state index >= 15 is 0 Å². The number of benzene rings is 1. The third-order valence-electron chi connectivity index (χ3n) is 4.06. The van der Waals surface area contributed by atoms with Gasteiger partial charge >= 0.3 is 5.97 Å². The van der Waals surface area contributed by atoms with Crippen LogP contribution >= 0.6 is 0 Å². The van der Waals surface area contributed by atoms with Crippen LogP contribution in [0.15, 0.2) is 30.5 Å². The standard InChI is InChI=1S/C19H24N2O2/c1-5-21(6-2)18-14(4)10-15(12-20-18)11-16-8-7-13(3)9-17(16)19(22)23/h7-10,12H,5-6,11H2,1-4H3,(H,22,23). The predicted molar refractivity (Wildman–Crippen MR) is 93.5 cm³/mol. The summed E-state index contributed by atoms with van der Waals surface area (Å²) in [6, 6.07) is 7.67. The minimum atomic E-state index is -0.881. The maximum Gasteiger partial charge on any atom is 0.335 e. The Balaban J connectivity index is 2.31. The van der Waals surface area contributed by atoms with E-state index in [1.165, 1.54) is 0 Å². The number of rotatable bonds is 6. The second kappa shape index (κ2) is 7.27. The molecule has 0 unspecified atom stereocenters. The Labute approximate surface area is 137 Å². The Hall–Kier alpha value is -2.36. The van der Waals surface area contributed by atoms with Gasteiger partial charge in [-0.1, -0.05) is 23.8 Å². The number of aromatic carboxylic acids is 1. The lowest BCUT2D eigenvalue weighted by atomic mass is 9.98. The van der Waals surface area contributed by atoms with E-state index in [4.69, 9.17) is 0 Å². The summed E-state index contributed by atoms with van der Waals surface area (Å²) in [4.78, 5) is 18.2. The minimum absolute atomic E-state index is 0.371. The molecule has 1 heterocycles. The van der Waals surface area contributed by atoms with Gasteiger partial charge in [-0.2, -0.15) is 0 Å². The molecule has 2 aromatic rings. The van der Waals surface area contributed by atoms with Crippen molar-refractivity contribution in [3.05, 3.63) is 58.3 Å². The van der Waals surface area contributed by atoms with E-state index < -0.39 is 5.97 Å². The van der Waals surface area contributed by atoms with E-state index in [1.807, 2.05) is 25.3 Å². The first-order valence-electron chi connectivity index (χ1n) is 7.99. The molecule has 122 valence electrons. The molecule has 0 aliphatic rings. The van der Waals surface area contributed by atoms with Crippen molar-refractivity contribution in [1.82, 2.24) is 4.98 Å². The average Bonchev–Trinajstić information content (AvgIpc) is 2.52. The molecule has 0 radical (unpaired) electrons. The molecule has 0 amide bonds. The molecule has 1 N–H and O–H groups in total. The number of pyridine rings is 1. The third kappa shape index (κ3) is 3.89. The van der Waals surface area contributed by atoms with E-state index in [-0.39, 0.29) is 0 Å². The van der Waals surface area contributed by atoms with Crippen molar-refractivity contribution in [2.24, 2.45) is 0 Å². The number of hydrogen-bond acceptors (Lipinski definition) is 3. The third-order valence-corrected chi connectivity index (χ3v) is 4.06. The van der Waals surface area contributed by atoms with E-state index in [9.17, 15) is 9.90 Å². The summed E-state index contributed by atoms with van der Waals surface area (Å²) in [5, 5.41) is 9.38. The van der Waals surface area contributed by atoms with Crippen LogP contribution in [0.4, 0.5) is 5.82 Å². The van der Waals surface area contributed by atoms with Crippen LogP contribution in [-0.4, -0.2) is 29.1 Å². The molecule has 0 aliphatic carbocycles. The number of carbonyl (C=O) groups is 1. The SMILES string of the molecule is CCN(CC)c1ncc(Cc2ccc(C)cc2C(=O)O)cc1C. The molecular weight excluding hydrogens is 288 g/mol. The van der Waals surface area contributed by atoms with Crippen LogP contribution in [-0.2, 0) is 6.42 Å². The summed E-state index contributed by atoms with van der Waals surface area (Å²) in [5.41, 5.74) is 4.30. The zero-order chi connectivity index (χ0) is 17.0. The Morgan fingerprint density at radius 3 is 2.43 bits per heavy atom.